The third kappa shape index (κ3) is 8.08. The van der Waals surface area contributed by atoms with Crippen LogP contribution in [-0.4, -0.2) is 60.6 Å². The molecule has 0 fully saturated rings. The van der Waals surface area contributed by atoms with E-state index in [2.05, 4.69) is 5.32 Å². The minimum absolute atomic E-state index is 0.0245. The van der Waals surface area contributed by atoms with Crippen LogP contribution in [0.4, 0.5) is 0 Å². The Labute approximate surface area is 248 Å². The number of hydrogen-bond acceptors (Lipinski definition) is 6. The Balaban J connectivity index is 2.06. The fourth-order valence-corrected chi connectivity index (χ4v) is 5.66. The minimum atomic E-state index is -1.56. The predicted octanol–water partition coefficient (Wildman–Crippen LogP) is 2.87. The summed E-state index contributed by atoms with van der Waals surface area (Å²) in [6, 6.07) is 17.1. The van der Waals surface area contributed by atoms with Gasteiger partial charge in [0.05, 0.1) is 18.6 Å². The number of aliphatic hydroxyl groups excluding tert-OH is 1. The fraction of sp³-hybridized carbons (Fsp3) is 0.424. The molecule has 226 valence electrons. The molecule has 1 aliphatic carbocycles. The van der Waals surface area contributed by atoms with Crippen LogP contribution >= 0.6 is 0 Å². The Morgan fingerprint density at radius 2 is 1.69 bits per heavy atom. The van der Waals surface area contributed by atoms with Gasteiger partial charge in [-0.05, 0) is 55.0 Å². The lowest BCUT2D eigenvalue weighted by atomic mass is 9.63. The van der Waals surface area contributed by atoms with Gasteiger partial charge < -0.3 is 31.5 Å². The van der Waals surface area contributed by atoms with E-state index in [9.17, 15) is 19.5 Å². The summed E-state index contributed by atoms with van der Waals surface area (Å²) in [6.45, 7) is 5.67. The number of aliphatic hydroxyl groups is 1. The summed E-state index contributed by atoms with van der Waals surface area (Å²) in [5.41, 5.74) is 12.5. The van der Waals surface area contributed by atoms with Gasteiger partial charge >= 0.3 is 0 Å². The largest absolute Gasteiger partial charge is 0.497 e. The van der Waals surface area contributed by atoms with Crippen LogP contribution in [0, 0.1) is 11.3 Å². The van der Waals surface area contributed by atoms with Gasteiger partial charge in [0.25, 0.3) is 0 Å². The zero-order valence-corrected chi connectivity index (χ0v) is 24.8. The monoisotopic (exact) mass is 576 g/mol. The zero-order valence-electron chi connectivity index (χ0n) is 24.8. The van der Waals surface area contributed by atoms with Gasteiger partial charge in [0.1, 0.15) is 5.75 Å². The van der Waals surface area contributed by atoms with E-state index in [1.54, 1.807) is 12.0 Å². The van der Waals surface area contributed by atoms with Crippen LogP contribution in [0.5, 0.6) is 5.75 Å². The van der Waals surface area contributed by atoms with Gasteiger partial charge in [-0.25, -0.2) is 0 Å². The first-order valence-corrected chi connectivity index (χ1v) is 14.5. The van der Waals surface area contributed by atoms with E-state index >= 15 is 0 Å². The second kappa shape index (κ2) is 15.3. The number of benzene rings is 2. The molecule has 0 heterocycles. The molecule has 0 spiro atoms. The minimum Gasteiger partial charge on any atom is -0.497 e. The Morgan fingerprint density at radius 3 is 2.29 bits per heavy atom. The number of primary amides is 2. The third-order valence-corrected chi connectivity index (χ3v) is 7.76. The van der Waals surface area contributed by atoms with E-state index < -0.39 is 29.3 Å². The maximum atomic E-state index is 13.8. The summed E-state index contributed by atoms with van der Waals surface area (Å²) >= 11 is 0. The van der Waals surface area contributed by atoms with E-state index in [1.165, 1.54) is 12.2 Å². The van der Waals surface area contributed by atoms with Crippen molar-refractivity contribution in [2.45, 2.75) is 52.2 Å². The lowest BCUT2D eigenvalue weighted by Gasteiger charge is -2.42. The number of nitrogens with one attached hydrogen (secondary N) is 1. The van der Waals surface area contributed by atoms with Crippen LogP contribution in [-0.2, 0) is 27.3 Å². The van der Waals surface area contributed by atoms with Crippen molar-refractivity contribution in [2.75, 3.05) is 26.7 Å². The first kappa shape index (κ1) is 32.6. The zero-order chi connectivity index (χ0) is 30.7. The van der Waals surface area contributed by atoms with Crippen LogP contribution in [0.15, 0.2) is 77.9 Å². The van der Waals surface area contributed by atoms with Crippen molar-refractivity contribution < 1.29 is 24.2 Å². The Morgan fingerprint density at radius 1 is 1.02 bits per heavy atom. The van der Waals surface area contributed by atoms with Crippen molar-refractivity contribution >= 4 is 17.7 Å². The van der Waals surface area contributed by atoms with Crippen LogP contribution in [0.25, 0.3) is 0 Å². The molecule has 1 unspecified atom stereocenters. The first-order valence-electron chi connectivity index (χ1n) is 14.5. The summed E-state index contributed by atoms with van der Waals surface area (Å²) < 4.78 is 5.40. The first-order chi connectivity index (χ1) is 20.1. The number of carbonyl (C=O) groups excluding carboxylic acids is 3. The molecule has 0 aromatic heterocycles. The van der Waals surface area contributed by atoms with E-state index in [1.807, 2.05) is 68.4 Å². The van der Waals surface area contributed by atoms with Gasteiger partial charge in [-0.1, -0.05) is 62.4 Å². The quantitative estimate of drug-likeness (QED) is 0.242. The Bertz CT molecular complexity index is 1290. The molecule has 3 rings (SSSR count). The third-order valence-electron chi connectivity index (χ3n) is 7.76. The lowest BCUT2D eigenvalue weighted by molar-refractivity contribution is -0.132. The SMILES string of the molecule is CCCN(CCC)C(=O)C1=CC(C(N)=O)=CC(C(N)=O)([C@H](Cc2cccc(OC)c2)[C@@H](O)CNCc2ccccc2)C1. The Hall–Kier alpha value is -3.95. The second-order valence-corrected chi connectivity index (χ2v) is 10.9. The normalized spacial score (nSPS) is 17.9. The molecule has 2 aromatic carbocycles. The summed E-state index contributed by atoms with van der Waals surface area (Å²) in [5.74, 6) is -1.97. The van der Waals surface area contributed by atoms with Crippen LogP contribution in [0.3, 0.4) is 0 Å². The van der Waals surface area contributed by atoms with Crippen molar-refractivity contribution in [1.82, 2.24) is 10.2 Å². The number of hydrogen-bond donors (Lipinski definition) is 4. The number of amides is 3. The highest BCUT2D eigenvalue weighted by Gasteiger charge is 2.49. The van der Waals surface area contributed by atoms with Gasteiger partial charge in [0, 0.05) is 43.2 Å². The summed E-state index contributed by atoms with van der Waals surface area (Å²) in [4.78, 5) is 41.5. The molecule has 0 aliphatic heterocycles. The van der Waals surface area contributed by atoms with E-state index in [4.69, 9.17) is 16.2 Å². The maximum absolute atomic E-state index is 13.8. The molecule has 42 heavy (non-hydrogen) atoms. The number of methoxy groups -OCH3 is 1. The number of ether oxygens (including phenoxy) is 1. The molecule has 1 aliphatic rings. The van der Waals surface area contributed by atoms with Gasteiger partial charge in [-0.15, -0.1) is 0 Å². The van der Waals surface area contributed by atoms with Gasteiger partial charge in [0.15, 0.2) is 0 Å². The van der Waals surface area contributed by atoms with Crippen molar-refractivity contribution in [3.05, 3.63) is 89.0 Å². The highest BCUT2D eigenvalue weighted by atomic mass is 16.5. The highest BCUT2D eigenvalue weighted by Crippen LogP contribution is 2.44. The molecular weight excluding hydrogens is 532 g/mol. The molecule has 9 heteroatoms. The molecular formula is C33H44N4O5. The summed E-state index contributed by atoms with van der Waals surface area (Å²) in [6.07, 6.45) is 3.52. The van der Waals surface area contributed by atoms with E-state index in [0.29, 0.717) is 25.4 Å². The smallest absolute Gasteiger partial charge is 0.249 e. The molecule has 0 saturated heterocycles. The average Bonchev–Trinajstić information content (AvgIpc) is 2.99. The second-order valence-electron chi connectivity index (χ2n) is 10.9. The predicted molar refractivity (Wildman–Crippen MR) is 163 cm³/mol. The summed E-state index contributed by atoms with van der Waals surface area (Å²) in [5, 5.41) is 15.0. The Kier molecular flexibility index (Phi) is 11.9. The number of nitrogens with two attached hydrogens (primary N) is 2. The standard InChI is InChI=1S/C33H44N4O5/c1-4-14-37(15-5-2)31(40)26-18-25(30(34)39)19-33(20-26,32(35)41)28(17-24-12-9-13-27(16-24)42-3)29(38)22-36-21-23-10-7-6-8-11-23/h6-13,16,18-19,28-29,36,38H,4-5,14-15,17,20-22H2,1-3H3,(H2,34,39)(H2,35,41)/t28-,29+,33?/m1/s1. The molecule has 9 nitrogen and oxygen atoms in total. The highest BCUT2D eigenvalue weighted by molar-refractivity contribution is 6.03. The molecule has 3 atom stereocenters. The van der Waals surface area contributed by atoms with Crippen molar-refractivity contribution in [1.29, 1.82) is 0 Å². The van der Waals surface area contributed by atoms with Gasteiger partial charge in [0.2, 0.25) is 17.7 Å². The van der Waals surface area contributed by atoms with Crippen LogP contribution in [0.1, 0.15) is 44.2 Å². The van der Waals surface area contributed by atoms with E-state index in [-0.39, 0.29) is 36.4 Å². The maximum Gasteiger partial charge on any atom is 0.249 e. The van der Waals surface area contributed by atoms with Gasteiger partial charge in [-0.3, -0.25) is 14.4 Å². The molecule has 2 aromatic rings. The molecule has 6 N–H and O–H groups in total. The summed E-state index contributed by atoms with van der Waals surface area (Å²) in [7, 11) is 1.56. The fourth-order valence-electron chi connectivity index (χ4n) is 5.66. The molecule has 0 bridgehead atoms. The number of carbonyl (C=O) groups is 3. The molecule has 3 amide bonds. The lowest BCUT2D eigenvalue weighted by Crippen LogP contribution is -2.52. The van der Waals surface area contributed by atoms with Crippen molar-refractivity contribution in [3.8, 4) is 5.75 Å². The van der Waals surface area contributed by atoms with Crippen LogP contribution in [0.2, 0.25) is 0 Å². The topological polar surface area (TPSA) is 148 Å². The number of nitrogens with zero attached hydrogens (tertiary/aromatic N) is 1. The molecule has 0 saturated carbocycles. The number of rotatable bonds is 16. The molecule has 0 radical (unpaired) electrons. The van der Waals surface area contributed by atoms with Crippen molar-refractivity contribution in [3.63, 3.8) is 0 Å². The average molecular weight is 577 g/mol. The van der Waals surface area contributed by atoms with E-state index in [0.717, 1.165) is 24.0 Å². The van der Waals surface area contributed by atoms with Crippen LogP contribution < -0.4 is 21.5 Å². The van der Waals surface area contributed by atoms with Crippen molar-refractivity contribution in [2.24, 2.45) is 22.8 Å². The van der Waals surface area contributed by atoms with Gasteiger partial charge in [-0.2, -0.15) is 0 Å².